The van der Waals surface area contributed by atoms with E-state index in [2.05, 4.69) is 25.8 Å². The van der Waals surface area contributed by atoms with Crippen LogP contribution in [0.25, 0.3) is 0 Å². The Bertz CT molecular complexity index is 212. The molecule has 2 aliphatic rings. The van der Waals surface area contributed by atoms with Crippen LogP contribution >= 0.6 is 0 Å². The Morgan fingerprint density at radius 1 is 1.15 bits per heavy atom. The van der Waals surface area contributed by atoms with Gasteiger partial charge in [0.25, 0.3) is 0 Å². The van der Waals surface area contributed by atoms with Gasteiger partial charge in [-0.1, -0.05) is 20.3 Å². The third kappa shape index (κ3) is 1.93. The van der Waals surface area contributed by atoms with Crippen molar-refractivity contribution in [3.05, 3.63) is 0 Å². The average Bonchev–Trinajstić information content (AvgIpc) is 2.75. The zero-order valence-electron chi connectivity index (χ0n) is 8.79. The molecule has 1 heterocycles. The Kier molecular flexibility index (Phi) is 2.41. The third-order valence-electron chi connectivity index (χ3n) is 3.24. The van der Waals surface area contributed by atoms with E-state index in [1.54, 1.807) is 0 Å². The van der Waals surface area contributed by atoms with Crippen molar-refractivity contribution in [3.63, 3.8) is 0 Å². The second-order valence-electron chi connectivity index (χ2n) is 4.52. The van der Waals surface area contributed by atoms with E-state index in [4.69, 9.17) is 4.74 Å². The lowest BCUT2D eigenvalue weighted by Gasteiger charge is -2.26. The fourth-order valence-electron chi connectivity index (χ4n) is 2.22. The lowest BCUT2D eigenvalue weighted by molar-refractivity contribution is 0.380. The maximum absolute atomic E-state index is 5.33. The number of aliphatic imine (C=N–C) groups is 1. The third-order valence-corrected chi connectivity index (χ3v) is 3.24. The van der Waals surface area contributed by atoms with Crippen molar-refractivity contribution >= 4 is 5.71 Å². The zero-order chi connectivity index (χ0) is 9.42. The first-order valence-corrected chi connectivity index (χ1v) is 5.41. The van der Waals surface area contributed by atoms with Crippen LogP contribution in [0.2, 0.25) is 0 Å². The first-order chi connectivity index (χ1) is 6.18. The summed E-state index contributed by atoms with van der Waals surface area (Å²) in [6, 6.07) is 0. The molecule has 1 saturated carbocycles. The van der Waals surface area contributed by atoms with Crippen molar-refractivity contribution in [1.82, 2.24) is 0 Å². The molecule has 0 aromatic rings. The van der Waals surface area contributed by atoms with E-state index < -0.39 is 0 Å². The first-order valence-electron chi connectivity index (χ1n) is 5.41. The molecule has 1 saturated heterocycles. The molecule has 2 heteroatoms. The molecule has 1 aliphatic heterocycles. The molecule has 0 radical (unpaired) electrons. The minimum Gasteiger partial charge on any atom is -0.346 e. The second-order valence-corrected chi connectivity index (χ2v) is 4.52. The maximum Gasteiger partial charge on any atom is 0.174 e. The summed E-state index contributed by atoms with van der Waals surface area (Å²) in [5.41, 5.74) is 1.40. The highest BCUT2D eigenvalue weighted by atomic mass is 16.6. The van der Waals surface area contributed by atoms with Gasteiger partial charge in [-0.15, -0.1) is 0 Å². The minimum absolute atomic E-state index is 0.193. The Hall–Kier alpha value is -0.370. The van der Waals surface area contributed by atoms with Crippen molar-refractivity contribution < 1.29 is 4.74 Å². The van der Waals surface area contributed by atoms with Gasteiger partial charge in [-0.3, -0.25) is 4.99 Å². The quantitative estimate of drug-likeness (QED) is 0.571. The van der Waals surface area contributed by atoms with Crippen LogP contribution in [0.1, 0.15) is 40.0 Å². The van der Waals surface area contributed by atoms with E-state index in [1.165, 1.54) is 25.0 Å². The summed E-state index contributed by atoms with van der Waals surface area (Å²) in [7, 11) is 0. The van der Waals surface area contributed by atoms with Crippen molar-refractivity contribution in [2.75, 3.05) is 0 Å². The SMILES string of the molecule is CC1CCCC(C)C1=NC1OC1C. The van der Waals surface area contributed by atoms with Crippen LogP contribution in [-0.4, -0.2) is 18.0 Å². The highest BCUT2D eigenvalue weighted by molar-refractivity contribution is 5.89. The molecular weight excluding hydrogens is 162 g/mol. The molecule has 0 N–H and O–H groups in total. The Balaban J connectivity index is 2.05. The fraction of sp³-hybridized carbons (Fsp3) is 0.909. The maximum atomic E-state index is 5.33. The predicted octanol–water partition coefficient (Wildman–Crippen LogP) is 2.63. The molecule has 4 atom stereocenters. The van der Waals surface area contributed by atoms with Gasteiger partial charge in [0.1, 0.15) is 6.10 Å². The number of epoxide rings is 1. The van der Waals surface area contributed by atoms with Crippen LogP contribution in [0.4, 0.5) is 0 Å². The number of hydrogen-bond acceptors (Lipinski definition) is 2. The average molecular weight is 181 g/mol. The molecule has 2 nitrogen and oxygen atoms in total. The van der Waals surface area contributed by atoms with E-state index in [-0.39, 0.29) is 6.23 Å². The number of hydrogen-bond donors (Lipinski definition) is 0. The van der Waals surface area contributed by atoms with E-state index >= 15 is 0 Å². The normalized spacial score (nSPS) is 44.7. The molecule has 0 amide bonds. The van der Waals surface area contributed by atoms with E-state index in [0.29, 0.717) is 17.9 Å². The summed E-state index contributed by atoms with van der Waals surface area (Å²) in [6.45, 7) is 6.68. The van der Waals surface area contributed by atoms with Gasteiger partial charge in [0.15, 0.2) is 6.23 Å². The summed E-state index contributed by atoms with van der Waals surface area (Å²) < 4.78 is 5.33. The molecule has 74 valence electrons. The summed E-state index contributed by atoms with van der Waals surface area (Å²) in [5, 5.41) is 0. The zero-order valence-corrected chi connectivity index (χ0v) is 8.79. The largest absolute Gasteiger partial charge is 0.346 e. The number of nitrogens with zero attached hydrogens (tertiary/aromatic N) is 1. The molecule has 1 aliphatic carbocycles. The molecule has 0 bridgehead atoms. The topological polar surface area (TPSA) is 24.9 Å². The van der Waals surface area contributed by atoms with E-state index in [9.17, 15) is 0 Å². The van der Waals surface area contributed by atoms with Gasteiger partial charge >= 0.3 is 0 Å². The summed E-state index contributed by atoms with van der Waals surface area (Å²) in [5.74, 6) is 1.36. The van der Waals surface area contributed by atoms with Crippen LogP contribution in [0.15, 0.2) is 4.99 Å². The standard InChI is InChI=1S/C11H19NO/c1-7-5-4-6-8(2)10(7)12-11-9(3)13-11/h7-9,11H,4-6H2,1-3H3. The highest BCUT2D eigenvalue weighted by Gasteiger charge is 2.35. The van der Waals surface area contributed by atoms with Gasteiger partial charge in [-0.25, -0.2) is 0 Å². The molecule has 2 rings (SSSR count). The van der Waals surface area contributed by atoms with Gasteiger partial charge in [0.2, 0.25) is 0 Å². The Labute approximate surface area is 80.4 Å². The summed E-state index contributed by atoms with van der Waals surface area (Å²) in [4.78, 5) is 4.69. The molecule has 0 aromatic carbocycles. The molecule has 2 fully saturated rings. The van der Waals surface area contributed by atoms with Crippen molar-refractivity contribution in [1.29, 1.82) is 0 Å². The van der Waals surface area contributed by atoms with Gasteiger partial charge in [-0.05, 0) is 31.6 Å². The highest BCUT2D eigenvalue weighted by Crippen LogP contribution is 2.30. The van der Waals surface area contributed by atoms with Gasteiger partial charge < -0.3 is 4.74 Å². The van der Waals surface area contributed by atoms with Gasteiger partial charge in [-0.2, -0.15) is 0 Å². The molecule has 13 heavy (non-hydrogen) atoms. The Morgan fingerprint density at radius 2 is 1.69 bits per heavy atom. The smallest absolute Gasteiger partial charge is 0.174 e. The van der Waals surface area contributed by atoms with E-state index in [1.807, 2.05) is 0 Å². The van der Waals surface area contributed by atoms with Crippen LogP contribution in [0.5, 0.6) is 0 Å². The first kappa shape index (κ1) is 9.20. The lowest BCUT2D eigenvalue weighted by atomic mass is 9.81. The van der Waals surface area contributed by atoms with Crippen LogP contribution < -0.4 is 0 Å². The minimum atomic E-state index is 0.193. The van der Waals surface area contributed by atoms with E-state index in [0.717, 1.165) is 0 Å². The molecular formula is C11H19NO. The van der Waals surface area contributed by atoms with Crippen molar-refractivity contribution in [3.8, 4) is 0 Å². The molecule has 0 spiro atoms. The van der Waals surface area contributed by atoms with Crippen LogP contribution in [-0.2, 0) is 4.74 Å². The monoisotopic (exact) mass is 181 g/mol. The molecule has 4 unspecified atom stereocenters. The van der Waals surface area contributed by atoms with Crippen molar-refractivity contribution in [2.24, 2.45) is 16.8 Å². The fourth-order valence-corrected chi connectivity index (χ4v) is 2.22. The number of ether oxygens (including phenoxy) is 1. The summed E-state index contributed by atoms with van der Waals surface area (Å²) >= 11 is 0. The predicted molar refractivity (Wildman–Crippen MR) is 53.9 cm³/mol. The van der Waals surface area contributed by atoms with Crippen LogP contribution in [0, 0.1) is 11.8 Å². The van der Waals surface area contributed by atoms with Gasteiger partial charge in [0.05, 0.1) is 0 Å². The Morgan fingerprint density at radius 3 is 2.15 bits per heavy atom. The second kappa shape index (κ2) is 3.41. The molecule has 0 aromatic heterocycles. The summed E-state index contributed by atoms with van der Waals surface area (Å²) in [6.07, 6.45) is 4.54. The lowest BCUT2D eigenvalue weighted by Crippen LogP contribution is -2.25. The van der Waals surface area contributed by atoms with Crippen molar-refractivity contribution in [2.45, 2.75) is 52.4 Å². The van der Waals surface area contributed by atoms with Gasteiger partial charge in [0, 0.05) is 5.71 Å². The van der Waals surface area contributed by atoms with Crippen LogP contribution in [0.3, 0.4) is 0 Å². The number of rotatable bonds is 1.